The summed E-state index contributed by atoms with van der Waals surface area (Å²) in [4.78, 5) is 4.22. The Hall–Kier alpha value is -0.940. The van der Waals surface area contributed by atoms with Gasteiger partial charge in [0, 0.05) is 7.11 Å². The quantitative estimate of drug-likeness (QED) is 0.768. The molecule has 5 nitrogen and oxygen atoms in total. The van der Waals surface area contributed by atoms with Gasteiger partial charge in [0.15, 0.2) is 0 Å². The van der Waals surface area contributed by atoms with Gasteiger partial charge in [0.25, 0.3) is 0 Å². The summed E-state index contributed by atoms with van der Waals surface area (Å²) in [6, 6.07) is 0. The van der Waals surface area contributed by atoms with Gasteiger partial charge in [0.2, 0.25) is 11.7 Å². The minimum Gasteiger partial charge on any atom is -0.371 e. The lowest BCUT2D eigenvalue weighted by Crippen LogP contribution is -2.21. The number of methoxy groups -OCH3 is 1. The number of hydrogen-bond acceptors (Lipinski definition) is 5. The molecule has 0 saturated heterocycles. The Labute approximate surface area is 83.8 Å². The predicted octanol–water partition coefficient (Wildman–Crippen LogP) is 1.06. The second kappa shape index (κ2) is 4.52. The second-order valence-corrected chi connectivity index (χ2v) is 3.51. The van der Waals surface area contributed by atoms with Crippen molar-refractivity contribution < 1.29 is 9.26 Å². The molecule has 14 heavy (non-hydrogen) atoms. The largest absolute Gasteiger partial charge is 0.371 e. The van der Waals surface area contributed by atoms with E-state index in [1.54, 1.807) is 7.11 Å². The summed E-state index contributed by atoms with van der Waals surface area (Å²) in [6.07, 6.45) is 0. The number of hydrogen-bond donors (Lipinski definition) is 1. The first kappa shape index (κ1) is 11.1. The van der Waals surface area contributed by atoms with E-state index in [2.05, 4.69) is 15.5 Å². The molecule has 0 amide bonds. The van der Waals surface area contributed by atoms with Crippen LogP contribution in [0.3, 0.4) is 0 Å². The van der Waals surface area contributed by atoms with Crippen molar-refractivity contribution in [2.24, 2.45) is 0 Å². The lowest BCUT2D eigenvalue weighted by molar-refractivity contribution is 0.00973. The lowest BCUT2D eigenvalue weighted by Gasteiger charge is -2.17. The van der Waals surface area contributed by atoms with Crippen LogP contribution in [0.5, 0.6) is 0 Å². The predicted molar refractivity (Wildman–Crippen MR) is 51.7 cm³/mol. The minimum absolute atomic E-state index is 0.492. The van der Waals surface area contributed by atoms with Crippen molar-refractivity contribution in [1.29, 1.82) is 0 Å². The Balaban J connectivity index is 2.67. The van der Waals surface area contributed by atoms with Crippen molar-refractivity contribution in [2.45, 2.75) is 32.9 Å². The van der Waals surface area contributed by atoms with Gasteiger partial charge in [0.05, 0.1) is 6.54 Å². The van der Waals surface area contributed by atoms with Crippen molar-refractivity contribution in [1.82, 2.24) is 15.5 Å². The molecule has 0 aliphatic heterocycles. The topological polar surface area (TPSA) is 60.2 Å². The Morgan fingerprint density at radius 1 is 1.50 bits per heavy atom. The van der Waals surface area contributed by atoms with E-state index < -0.39 is 5.60 Å². The van der Waals surface area contributed by atoms with Crippen molar-refractivity contribution in [2.75, 3.05) is 13.7 Å². The summed E-state index contributed by atoms with van der Waals surface area (Å²) in [7, 11) is 1.63. The Kier molecular flexibility index (Phi) is 3.60. The number of nitrogens with zero attached hydrogens (tertiary/aromatic N) is 2. The molecule has 80 valence electrons. The normalized spacial score (nSPS) is 12.0. The Bertz CT molecular complexity index is 283. The fraction of sp³-hybridized carbons (Fsp3) is 0.778. The number of ether oxygens (including phenoxy) is 1. The van der Waals surface area contributed by atoms with Gasteiger partial charge < -0.3 is 14.6 Å². The zero-order valence-electron chi connectivity index (χ0n) is 9.13. The van der Waals surface area contributed by atoms with Crippen LogP contribution in [0.1, 0.15) is 32.5 Å². The standard InChI is InChI=1S/C9H17N3O2/c1-5-10-6-7-11-8(12-14-7)9(2,3)13-4/h10H,5-6H2,1-4H3. The minimum atomic E-state index is -0.492. The summed E-state index contributed by atoms with van der Waals surface area (Å²) in [5.74, 6) is 1.17. The molecule has 0 spiro atoms. The fourth-order valence-corrected chi connectivity index (χ4v) is 0.894. The molecule has 0 aromatic carbocycles. The van der Waals surface area contributed by atoms with Crippen molar-refractivity contribution in [3.05, 3.63) is 11.7 Å². The van der Waals surface area contributed by atoms with Crippen LogP contribution in [0.15, 0.2) is 4.52 Å². The maximum atomic E-state index is 5.24. The summed E-state index contributed by atoms with van der Waals surface area (Å²) in [5.41, 5.74) is -0.492. The first-order valence-electron chi connectivity index (χ1n) is 4.69. The van der Waals surface area contributed by atoms with E-state index in [9.17, 15) is 0 Å². The summed E-state index contributed by atoms with van der Waals surface area (Å²) >= 11 is 0. The highest BCUT2D eigenvalue weighted by molar-refractivity contribution is 4.96. The first-order chi connectivity index (χ1) is 6.60. The van der Waals surface area contributed by atoms with Crippen LogP contribution in [0.4, 0.5) is 0 Å². The van der Waals surface area contributed by atoms with Gasteiger partial charge in [0.1, 0.15) is 5.60 Å². The second-order valence-electron chi connectivity index (χ2n) is 3.51. The van der Waals surface area contributed by atoms with Crippen LogP contribution in [-0.4, -0.2) is 23.8 Å². The van der Waals surface area contributed by atoms with Gasteiger partial charge in [-0.15, -0.1) is 0 Å². The number of rotatable bonds is 5. The van der Waals surface area contributed by atoms with E-state index in [1.165, 1.54) is 0 Å². The van der Waals surface area contributed by atoms with Crippen molar-refractivity contribution in [3.63, 3.8) is 0 Å². The number of nitrogens with one attached hydrogen (secondary N) is 1. The summed E-state index contributed by atoms with van der Waals surface area (Å²) in [6.45, 7) is 7.30. The van der Waals surface area contributed by atoms with E-state index >= 15 is 0 Å². The lowest BCUT2D eigenvalue weighted by atomic mass is 10.1. The molecule has 1 heterocycles. The van der Waals surface area contributed by atoms with E-state index in [1.807, 2.05) is 20.8 Å². The molecule has 1 aromatic heterocycles. The molecule has 0 fully saturated rings. The Morgan fingerprint density at radius 3 is 2.79 bits per heavy atom. The zero-order chi connectivity index (χ0) is 10.6. The van der Waals surface area contributed by atoms with E-state index in [-0.39, 0.29) is 0 Å². The third-order valence-corrected chi connectivity index (χ3v) is 2.04. The van der Waals surface area contributed by atoms with Crippen LogP contribution >= 0.6 is 0 Å². The van der Waals surface area contributed by atoms with Crippen molar-refractivity contribution in [3.8, 4) is 0 Å². The molecule has 1 rings (SSSR count). The molecule has 0 bridgehead atoms. The molecule has 1 aromatic rings. The van der Waals surface area contributed by atoms with Gasteiger partial charge in [-0.25, -0.2) is 0 Å². The van der Waals surface area contributed by atoms with E-state index in [4.69, 9.17) is 9.26 Å². The monoisotopic (exact) mass is 199 g/mol. The molecule has 1 N–H and O–H groups in total. The maximum absolute atomic E-state index is 5.24. The molecular weight excluding hydrogens is 182 g/mol. The molecular formula is C9H17N3O2. The molecule has 0 saturated carbocycles. The summed E-state index contributed by atoms with van der Waals surface area (Å²) < 4.78 is 10.3. The van der Waals surface area contributed by atoms with Gasteiger partial charge >= 0.3 is 0 Å². The Morgan fingerprint density at radius 2 is 2.21 bits per heavy atom. The highest BCUT2D eigenvalue weighted by Crippen LogP contribution is 2.20. The van der Waals surface area contributed by atoms with Gasteiger partial charge in [-0.3, -0.25) is 0 Å². The molecule has 0 unspecified atom stereocenters. The average molecular weight is 199 g/mol. The SMILES string of the molecule is CCNCc1nc(C(C)(C)OC)no1. The van der Waals surface area contributed by atoms with Gasteiger partial charge in [-0.2, -0.15) is 4.98 Å². The first-order valence-corrected chi connectivity index (χ1v) is 4.69. The molecule has 0 atom stereocenters. The van der Waals surface area contributed by atoms with Crippen LogP contribution in [0.25, 0.3) is 0 Å². The van der Waals surface area contributed by atoms with Crippen LogP contribution in [0.2, 0.25) is 0 Å². The zero-order valence-corrected chi connectivity index (χ0v) is 9.13. The summed E-state index contributed by atoms with van der Waals surface area (Å²) in [5, 5.41) is 6.97. The van der Waals surface area contributed by atoms with E-state index in [0.717, 1.165) is 6.54 Å². The maximum Gasteiger partial charge on any atom is 0.240 e. The molecule has 0 aliphatic carbocycles. The highest BCUT2D eigenvalue weighted by atomic mass is 16.5. The van der Waals surface area contributed by atoms with E-state index in [0.29, 0.717) is 18.3 Å². The molecule has 0 aliphatic rings. The average Bonchev–Trinajstić information content (AvgIpc) is 2.63. The van der Waals surface area contributed by atoms with Gasteiger partial charge in [-0.1, -0.05) is 12.1 Å². The smallest absolute Gasteiger partial charge is 0.240 e. The molecule has 5 heteroatoms. The van der Waals surface area contributed by atoms with Crippen molar-refractivity contribution >= 4 is 0 Å². The third kappa shape index (κ3) is 2.52. The van der Waals surface area contributed by atoms with Crippen LogP contribution in [0, 0.1) is 0 Å². The molecule has 0 radical (unpaired) electrons. The highest BCUT2D eigenvalue weighted by Gasteiger charge is 2.25. The van der Waals surface area contributed by atoms with Crippen LogP contribution in [-0.2, 0) is 16.9 Å². The van der Waals surface area contributed by atoms with Gasteiger partial charge in [-0.05, 0) is 20.4 Å². The number of aromatic nitrogens is 2. The third-order valence-electron chi connectivity index (χ3n) is 2.04. The fourth-order valence-electron chi connectivity index (χ4n) is 0.894. The van der Waals surface area contributed by atoms with Crippen LogP contribution < -0.4 is 5.32 Å².